The number of nitrogens with one attached hydrogen (secondary N) is 2. The van der Waals surface area contributed by atoms with Gasteiger partial charge >= 0.3 is 0 Å². The summed E-state index contributed by atoms with van der Waals surface area (Å²) in [4.78, 5) is 8.24. The minimum Gasteiger partial charge on any atom is -0.363 e. The van der Waals surface area contributed by atoms with E-state index in [-0.39, 0.29) is 17.2 Å². The fourth-order valence-electron chi connectivity index (χ4n) is 3.92. The third kappa shape index (κ3) is 4.21. The first-order valence-corrected chi connectivity index (χ1v) is 12.3. The van der Waals surface area contributed by atoms with E-state index in [1.54, 1.807) is 13.0 Å². The molecule has 1 unspecified atom stereocenters. The normalized spacial score (nSPS) is 19.5. The summed E-state index contributed by atoms with van der Waals surface area (Å²) in [7, 11) is -2.39. The van der Waals surface area contributed by atoms with Crippen molar-refractivity contribution in [1.29, 1.82) is 5.26 Å². The largest absolute Gasteiger partial charge is 0.363 e. The van der Waals surface area contributed by atoms with Crippen molar-refractivity contribution in [3.8, 4) is 6.07 Å². The topological polar surface area (TPSA) is 117 Å². The van der Waals surface area contributed by atoms with Crippen molar-refractivity contribution in [2.75, 3.05) is 24.0 Å². The van der Waals surface area contributed by atoms with Crippen LogP contribution in [0.15, 0.2) is 28.9 Å². The van der Waals surface area contributed by atoms with E-state index in [0.29, 0.717) is 24.0 Å². The Kier molecular flexibility index (Phi) is 6.03. The number of methoxy groups -OCH3 is 1. The zero-order valence-corrected chi connectivity index (χ0v) is 19.4. The van der Waals surface area contributed by atoms with Gasteiger partial charge in [-0.3, -0.25) is 0 Å². The van der Waals surface area contributed by atoms with Gasteiger partial charge in [-0.15, -0.1) is 0 Å². The molecule has 2 heterocycles. The number of halogens is 3. The molecule has 2 atom stereocenters. The van der Waals surface area contributed by atoms with Gasteiger partial charge in [-0.25, -0.2) is 31.6 Å². The first-order chi connectivity index (χ1) is 16.0. The average molecular weight is 494 g/mol. The van der Waals surface area contributed by atoms with E-state index in [0.717, 1.165) is 12.3 Å². The molecular formula is C22H22F3N5O3S. The van der Waals surface area contributed by atoms with E-state index in [4.69, 9.17) is 4.74 Å². The maximum atomic E-state index is 14.7. The third-order valence-electron chi connectivity index (χ3n) is 5.97. The summed E-state index contributed by atoms with van der Waals surface area (Å²) < 4.78 is 71.0. The number of nitriles is 1. The number of aromatic nitrogens is 2. The highest BCUT2D eigenvalue weighted by molar-refractivity contribution is 7.90. The molecule has 2 N–H and O–H groups in total. The molecule has 4 rings (SSSR count). The second-order valence-electron chi connectivity index (χ2n) is 8.36. The molecule has 180 valence electrons. The van der Waals surface area contributed by atoms with E-state index in [1.165, 1.54) is 19.2 Å². The maximum Gasteiger partial charge on any atom is 0.266 e. The number of nitrogens with zero attached hydrogens (tertiary/aromatic N) is 3. The zero-order chi connectivity index (χ0) is 24.8. The lowest BCUT2D eigenvalue weighted by atomic mass is 9.91. The van der Waals surface area contributed by atoms with Crippen LogP contribution in [0, 0.1) is 22.6 Å². The van der Waals surface area contributed by atoms with Crippen LogP contribution in [-0.4, -0.2) is 38.0 Å². The molecule has 0 saturated heterocycles. The highest BCUT2D eigenvalue weighted by Gasteiger charge is 2.50. The maximum absolute atomic E-state index is 14.7. The summed E-state index contributed by atoms with van der Waals surface area (Å²) in [5.74, 6) is -0.858. The number of benzene rings is 1. The molecule has 1 aromatic heterocycles. The molecule has 12 heteroatoms. The quantitative estimate of drug-likeness (QED) is 0.551. The molecule has 0 bridgehead atoms. The Balaban J connectivity index is 1.83. The van der Waals surface area contributed by atoms with Crippen LogP contribution in [0.4, 0.5) is 24.8 Å². The Hall–Kier alpha value is -3.17. The van der Waals surface area contributed by atoms with Crippen molar-refractivity contribution < 1.29 is 26.3 Å². The number of ether oxygens (including phenoxy) is 1. The number of hydrogen-bond donors (Lipinski definition) is 2. The van der Waals surface area contributed by atoms with E-state index in [2.05, 4.69) is 26.7 Å². The fourth-order valence-corrected chi connectivity index (χ4v) is 4.44. The summed E-state index contributed by atoms with van der Waals surface area (Å²) in [6, 6.07) is 5.13. The van der Waals surface area contributed by atoms with Crippen molar-refractivity contribution in [3.05, 3.63) is 46.3 Å². The highest BCUT2D eigenvalue weighted by atomic mass is 32.2. The minimum atomic E-state index is -3.83. The molecule has 0 radical (unpaired) electrons. The van der Waals surface area contributed by atoms with Crippen molar-refractivity contribution in [3.63, 3.8) is 0 Å². The minimum absolute atomic E-state index is 0.0375. The molecule has 2 aromatic rings. The summed E-state index contributed by atoms with van der Waals surface area (Å²) in [6.45, 7) is 1.54. The van der Waals surface area contributed by atoms with Gasteiger partial charge in [0.2, 0.25) is 9.84 Å². The number of alkyl halides is 2. The molecule has 0 amide bonds. The van der Waals surface area contributed by atoms with E-state index in [9.17, 15) is 26.9 Å². The predicted molar refractivity (Wildman–Crippen MR) is 118 cm³/mol. The molecule has 0 spiro atoms. The number of fused-ring (bicyclic) bond motifs is 1. The Morgan fingerprint density at radius 3 is 2.53 bits per heavy atom. The number of anilines is 2. The van der Waals surface area contributed by atoms with Crippen LogP contribution in [0.3, 0.4) is 0 Å². The van der Waals surface area contributed by atoms with Gasteiger partial charge in [0.25, 0.3) is 11.6 Å². The number of hydrogen-bond acceptors (Lipinski definition) is 8. The van der Waals surface area contributed by atoms with Gasteiger partial charge in [-0.2, -0.15) is 5.26 Å². The summed E-state index contributed by atoms with van der Waals surface area (Å²) in [5, 5.41) is 15.1. The van der Waals surface area contributed by atoms with E-state index in [1.807, 2.05) is 0 Å². The summed E-state index contributed by atoms with van der Waals surface area (Å²) in [6.07, 6.45) is 0.196. The monoisotopic (exact) mass is 493 g/mol. The fraction of sp³-hybridized carbons (Fsp3) is 0.409. The molecular weight excluding hydrogens is 471 g/mol. The van der Waals surface area contributed by atoms with Crippen LogP contribution in [-0.2, 0) is 14.6 Å². The average Bonchev–Trinajstić information content (AvgIpc) is 3.58. The molecule has 8 nitrogen and oxygen atoms in total. The van der Waals surface area contributed by atoms with Crippen molar-refractivity contribution in [2.24, 2.45) is 5.41 Å². The second-order valence-corrected chi connectivity index (χ2v) is 10.3. The predicted octanol–water partition coefficient (Wildman–Crippen LogP) is 4.22. The highest BCUT2D eigenvalue weighted by Crippen LogP contribution is 2.55. The first kappa shape index (κ1) is 24.0. The standard InChI is InChI=1S/C22H22F3N5O3S/c1-11(12-5-4-6-13(16(12)23)17(24)25)27-18-14-9-15(22(10-26)7-8-22)20(33-2)28-19(14)30-21(29-18)34(3,31)32/h4-6,9,11,17,20H,7-8H2,1-3H3,(H2,27,28,29,30)/t11-,20?/m1/s1. The van der Waals surface area contributed by atoms with E-state index < -0.39 is 50.5 Å². The molecule has 34 heavy (non-hydrogen) atoms. The van der Waals surface area contributed by atoms with Crippen LogP contribution >= 0.6 is 0 Å². The van der Waals surface area contributed by atoms with Gasteiger partial charge in [-0.1, -0.05) is 18.2 Å². The van der Waals surface area contributed by atoms with Gasteiger partial charge in [0.15, 0.2) is 6.23 Å². The van der Waals surface area contributed by atoms with Crippen LogP contribution < -0.4 is 10.6 Å². The second kappa shape index (κ2) is 8.56. The Bertz CT molecular complexity index is 1320. The lowest BCUT2D eigenvalue weighted by Gasteiger charge is -2.30. The summed E-state index contributed by atoms with van der Waals surface area (Å²) >= 11 is 0. The molecule has 1 aliphatic heterocycles. The lowest BCUT2D eigenvalue weighted by molar-refractivity contribution is 0.145. The third-order valence-corrected chi connectivity index (χ3v) is 6.82. The van der Waals surface area contributed by atoms with Crippen LogP contribution in [0.1, 0.15) is 48.9 Å². The molecule has 2 aliphatic rings. The first-order valence-electron chi connectivity index (χ1n) is 10.4. The lowest BCUT2D eigenvalue weighted by Crippen LogP contribution is -2.32. The smallest absolute Gasteiger partial charge is 0.266 e. The molecule has 1 saturated carbocycles. The van der Waals surface area contributed by atoms with Gasteiger partial charge in [-0.05, 0) is 31.4 Å². The Morgan fingerprint density at radius 1 is 1.29 bits per heavy atom. The number of rotatable bonds is 7. The Morgan fingerprint density at radius 2 is 1.97 bits per heavy atom. The van der Waals surface area contributed by atoms with Crippen LogP contribution in [0.5, 0.6) is 0 Å². The molecule has 1 fully saturated rings. The Labute approximate surface area is 194 Å². The van der Waals surface area contributed by atoms with Crippen molar-refractivity contribution >= 4 is 27.5 Å². The van der Waals surface area contributed by atoms with Crippen LogP contribution in [0.25, 0.3) is 6.08 Å². The van der Waals surface area contributed by atoms with Gasteiger partial charge in [0.05, 0.1) is 28.7 Å². The SMILES string of the molecule is COC1Nc2nc(S(C)(=O)=O)nc(N[C@H](C)c3cccc(C(F)F)c3F)c2C=C1C1(C#N)CC1. The van der Waals surface area contributed by atoms with E-state index >= 15 is 0 Å². The van der Waals surface area contributed by atoms with Gasteiger partial charge in [0, 0.05) is 18.9 Å². The number of sulfone groups is 1. The zero-order valence-electron chi connectivity index (χ0n) is 18.6. The van der Waals surface area contributed by atoms with Gasteiger partial charge in [0.1, 0.15) is 17.5 Å². The van der Waals surface area contributed by atoms with Crippen LogP contribution in [0.2, 0.25) is 0 Å². The van der Waals surface area contributed by atoms with Gasteiger partial charge < -0.3 is 15.4 Å². The van der Waals surface area contributed by atoms with Crippen molar-refractivity contribution in [2.45, 2.75) is 43.6 Å². The summed E-state index contributed by atoms with van der Waals surface area (Å²) in [5.41, 5.74) is -0.494. The molecule has 1 aromatic carbocycles. The van der Waals surface area contributed by atoms with Crippen molar-refractivity contribution in [1.82, 2.24) is 9.97 Å². The molecule has 1 aliphatic carbocycles.